The van der Waals surface area contributed by atoms with Crippen molar-refractivity contribution in [2.24, 2.45) is 0 Å². The first-order valence-corrected chi connectivity index (χ1v) is 6.46. The molecular weight excluding hydrogens is 226 g/mol. The molecule has 3 heteroatoms. The molecule has 1 aromatic carbocycles. The highest BCUT2D eigenvalue weighted by atomic mass is 16.5. The molecule has 18 heavy (non-hydrogen) atoms. The van der Waals surface area contributed by atoms with Crippen LogP contribution in [0.2, 0.25) is 0 Å². The normalized spacial score (nSPS) is 11.0. The molecule has 0 saturated heterocycles. The molecule has 0 aliphatic heterocycles. The van der Waals surface area contributed by atoms with Crippen LogP contribution in [0, 0.1) is 0 Å². The van der Waals surface area contributed by atoms with E-state index in [1.807, 2.05) is 18.9 Å². The monoisotopic (exact) mass is 249 g/mol. The minimum absolute atomic E-state index is 0.168. The number of hydrogen-bond acceptors (Lipinski definition) is 3. The average molecular weight is 249 g/mol. The van der Waals surface area contributed by atoms with Crippen LogP contribution in [0.4, 0.5) is 0 Å². The van der Waals surface area contributed by atoms with Gasteiger partial charge in [-0.05, 0) is 31.0 Å². The van der Waals surface area contributed by atoms with Crippen molar-refractivity contribution < 1.29 is 9.53 Å². The van der Waals surface area contributed by atoms with Crippen molar-refractivity contribution >= 4 is 5.97 Å². The Hall–Kier alpha value is -1.35. The van der Waals surface area contributed by atoms with Gasteiger partial charge in [0.25, 0.3) is 0 Å². The number of carbonyl (C=O) groups is 1. The summed E-state index contributed by atoms with van der Waals surface area (Å²) in [5, 5.41) is 0. The lowest BCUT2D eigenvalue weighted by molar-refractivity contribution is -0.144. The number of carbonyl (C=O) groups excluding carboxylic acids is 1. The summed E-state index contributed by atoms with van der Waals surface area (Å²) in [6.45, 7) is 7.72. The van der Waals surface area contributed by atoms with Crippen LogP contribution in [0.25, 0.3) is 0 Å². The second kappa shape index (κ2) is 7.17. The number of benzene rings is 1. The van der Waals surface area contributed by atoms with E-state index in [9.17, 15) is 4.79 Å². The van der Waals surface area contributed by atoms with E-state index in [1.165, 1.54) is 11.1 Å². The minimum Gasteiger partial charge on any atom is -0.465 e. The molecule has 1 rings (SSSR count). The topological polar surface area (TPSA) is 29.5 Å². The summed E-state index contributed by atoms with van der Waals surface area (Å²) < 4.78 is 4.92. The number of likely N-dealkylation sites (N-methyl/N-ethyl adjacent to an activating group) is 1. The van der Waals surface area contributed by atoms with Gasteiger partial charge in [0.2, 0.25) is 0 Å². The first kappa shape index (κ1) is 14.7. The van der Waals surface area contributed by atoms with E-state index in [0.29, 0.717) is 19.1 Å². The second-order valence-electron chi connectivity index (χ2n) is 4.87. The Balaban J connectivity index is 2.49. The van der Waals surface area contributed by atoms with Crippen LogP contribution in [0.1, 0.15) is 37.8 Å². The first-order chi connectivity index (χ1) is 8.52. The zero-order valence-electron chi connectivity index (χ0n) is 11.8. The zero-order chi connectivity index (χ0) is 13.5. The maximum absolute atomic E-state index is 11.3. The van der Waals surface area contributed by atoms with Crippen LogP contribution in [-0.2, 0) is 16.1 Å². The number of hydrogen-bond donors (Lipinski definition) is 0. The molecule has 0 heterocycles. The minimum atomic E-state index is -0.168. The van der Waals surface area contributed by atoms with E-state index in [1.54, 1.807) is 0 Å². The molecule has 0 N–H and O–H groups in total. The number of nitrogens with zero attached hydrogens (tertiary/aromatic N) is 1. The molecule has 0 fully saturated rings. The Labute approximate surface area is 110 Å². The van der Waals surface area contributed by atoms with Crippen molar-refractivity contribution in [2.75, 3.05) is 20.2 Å². The third-order valence-corrected chi connectivity index (χ3v) is 2.80. The molecule has 0 aliphatic rings. The van der Waals surface area contributed by atoms with Crippen molar-refractivity contribution in [3.05, 3.63) is 35.4 Å². The molecule has 0 aliphatic carbocycles. The highest BCUT2D eigenvalue weighted by molar-refractivity contribution is 5.71. The SMILES string of the molecule is CCOC(=O)CN(C)Cc1ccc(C(C)C)cc1. The Morgan fingerprint density at radius 2 is 1.89 bits per heavy atom. The van der Waals surface area contributed by atoms with E-state index in [-0.39, 0.29) is 5.97 Å². The van der Waals surface area contributed by atoms with Crippen LogP contribution in [0.3, 0.4) is 0 Å². The maximum atomic E-state index is 11.3. The Bertz CT molecular complexity index is 371. The van der Waals surface area contributed by atoms with Gasteiger partial charge in [-0.2, -0.15) is 0 Å². The third-order valence-electron chi connectivity index (χ3n) is 2.80. The van der Waals surface area contributed by atoms with Gasteiger partial charge in [-0.1, -0.05) is 38.1 Å². The summed E-state index contributed by atoms with van der Waals surface area (Å²) in [6, 6.07) is 8.55. The van der Waals surface area contributed by atoms with Gasteiger partial charge in [0, 0.05) is 6.54 Å². The summed E-state index contributed by atoms with van der Waals surface area (Å²) >= 11 is 0. The Kier molecular flexibility index (Phi) is 5.86. The van der Waals surface area contributed by atoms with Crippen LogP contribution < -0.4 is 0 Å². The molecule has 0 unspecified atom stereocenters. The first-order valence-electron chi connectivity index (χ1n) is 6.46. The second-order valence-corrected chi connectivity index (χ2v) is 4.87. The molecule has 0 amide bonds. The average Bonchev–Trinajstić information content (AvgIpc) is 2.29. The highest BCUT2D eigenvalue weighted by Gasteiger charge is 2.07. The van der Waals surface area contributed by atoms with Gasteiger partial charge < -0.3 is 4.74 Å². The smallest absolute Gasteiger partial charge is 0.320 e. The van der Waals surface area contributed by atoms with Crippen LogP contribution in [0.5, 0.6) is 0 Å². The Morgan fingerprint density at radius 1 is 1.28 bits per heavy atom. The fourth-order valence-corrected chi connectivity index (χ4v) is 1.80. The molecule has 1 aromatic rings. The predicted octanol–water partition coefficient (Wildman–Crippen LogP) is 2.80. The fourth-order valence-electron chi connectivity index (χ4n) is 1.80. The van der Waals surface area contributed by atoms with Gasteiger partial charge in [-0.15, -0.1) is 0 Å². The molecular formula is C15H23NO2. The van der Waals surface area contributed by atoms with Gasteiger partial charge >= 0.3 is 5.97 Å². The van der Waals surface area contributed by atoms with Gasteiger partial charge in [0.1, 0.15) is 0 Å². The third kappa shape index (κ3) is 4.88. The summed E-state index contributed by atoms with van der Waals surface area (Å²) in [7, 11) is 1.92. The molecule has 0 saturated carbocycles. The van der Waals surface area contributed by atoms with Crippen molar-refractivity contribution in [1.29, 1.82) is 0 Å². The highest BCUT2D eigenvalue weighted by Crippen LogP contribution is 2.15. The summed E-state index contributed by atoms with van der Waals surface area (Å²) in [5.41, 5.74) is 2.55. The lowest BCUT2D eigenvalue weighted by Gasteiger charge is -2.16. The molecule has 0 spiro atoms. The summed E-state index contributed by atoms with van der Waals surface area (Å²) in [4.78, 5) is 13.3. The van der Waals surface area contributed by atoms with Crippen molar-refractivity contribution in [2.45, 2.75) is 33.2 Å². The van der Waals surface area contributed by atoms with E-state index < -0.39 is 0 Å². The quantitative estimate of drug-likeness (QED) is 0.726. The van der Waals surface area contributed by atoms with Crippen LogP contribution in [-0.4, -0.2) is 31.1 Å². The largest absolute Gasteiger partial charge is 0.465 e. The molecule has 0 aromatic heterocycles. The number of rotatable bonds is 6. The fraction of sp³-hybridized carbons (Fsp3) is 0.533. The van der Waals surface area contributed by atoms with Crippen molar-refractivity contribution in [3.63, 3.8) is 0 Å². The standard InChI is InChI=1S/C15H23NO2/c1-5-18-15(17)11-16(4)10-13-6-8-14(9-7-13)12(2)3/h6-9,12H,5,10-11H2,1-4H3. The Morgan fingerprint density at radius 3 is 2.39 bits per heavy atom. The van der Waals surface area contributed by atoms with Gasteiger partial charge in [-0.3, -0.25) is 9.69 Å². The van der Waals surface area contributed by atoms with E-state index >= 15 is 0 Å². The number of esters is 1. The van der Waals surface area contributed by atoms with Gasteiger partial charge in [0.15, 0.2) is 0 Å². The lowest BCUT2D eigenvalue weighted by Crippen LogP contribution is -2.26. The van der Waals surface area contributed by atoms with Gasteiger partial charge in [-0.25, -0.2) is 0 Å². The molecule has 0 bridgehead atoms. The van der Waals surface area contributed by atoms with Crippen molar-refractivity contribution in [1.82, 2.24) is 4.90 Å². The predicted molar refractivity (Wildman–Crippen MR) is 73.5 cm³/mol. The van der Waals surface area contributed by atoms with Crippen LogP contribution in [0.15, 0.2) is 24.3 Å². The van der Waals surface area contributed by atoms with Gasteiger partial charge in [0.05, 0.1) is 13.2 Å². The molecule has 3 nitrogen and oxygen atoms in total. The zero-order valence-corrected chi connectivity index (χ0v) is 11.8. The number of ether oxygens (including phenoxy) is 1. The van der Waals surface area contributed by atoms with E-state index in [0.717, 1.165) is 6.54 Å². The van der Waals surface area contributed by atoms with Crippen LogP contribution >= 0.6 is 0 Å². The maximum Gasteiger partial charge on any atom is 0.320 e. The van der Waals surface area contributed by atoms with E-state index in [2.05, 4.69) is 38.1 Å². The molecule has 0 radical (unpaired) electrons. The molecule has 100 valence electrons. The molecule has 0 atom stereocenters. The lowest BCUT2D eigenvalue weighted by atomic mass is 10.0. The summed E-state index contributed by atoms with van der Waals surface area (Å²) in [5.74, 6) is 0.384. The van der Waals surface area contributed by atoms with Crippen molar-refractivity contribution in [3.8, 4) is 0 Å². The van der Waals surface area contributed by atoms with E-state index in [4.69, 9.17) is 4.74 Å². The summed E-state index contributed by atoms with van der Waals surface area (Å²) in [6.07, 6.45) is 0.